The number of nitrogens with zero attached hydrogens (tertiary/aromatic N) is 3. The minimum Gasteiger partial charge on any atom is -0.300 e. The summed E-state index contributed by atoms with van der Waals surface area (Å²) < 4.78 is 27.3. The van der Waals surface area contributed by atoms with Crippen molar-refractivity contribution in [2.45, 2.75) is 25.5 Å². The van der Waals surface area contributed by atoms with Crippen molar-refractivity contribution < 1.29 is 13.2 Å². The second-order valence-corrected chi connectivity index (χ2v) is 11.7. The monoisotopic (exact) mass is 524 g/mol. The van der Waals surface area contributed by atoms with E-state index in [0.29, 0.717) is 45.1 Å². The third kappa shape index (κ3) is 5.91. The first-order chi connectivity index (χ1) is 15.7. The van der Waals surface area contributed by atoms with Gasteiger partial charge in [-0.3, -0.25) is 4.79 Å². The molecule has 174 valence electrons. The largest absolute Gasteiger partial charge is 0.300 e. The number of aromatic nitrogens is 2. The van der Waals surface area contributed by atoms with Crippen LogP contribution in [0.5, 0.6) is 0 Å². The van der Waals surface area contributed by atoms with Crippen LogP contribution < -0.4 is 5.32 Å². The lowest BCUT2D eigenvalue weighted by Crippen LogP contribution is -2.44. The van der Waals surface area contributed by atoms with Gasteiger partial charge in [0.05, 0.1) is 21.7 Å². The number of sulfonamides is 1. The molecule has 2 heterocycles. The van der Waals surface area contributed by atoms with Crippen molar-refractivity contribution in [3.63, 3.8) is 0 Å². The Morgan fingerprint density at radius 2 is 1.91 bits per heavy atom. The van der Waals surface area contributed by atoms with Crippen molar-refractivity contribution in [2.75, 3.05) is 18.4 Å². The Hall–Kier alpha value is -2.04. The van der Waals surface area contributed by atoms with Crippen LogP contribution in [-0.4, -0.2) is 41.9 Å². The van der Waals surface area contributed by atoms with E-state index in [2.05, 4.69) is 15.5 Å². The minimum absolute atomic E-state index is 0.124. The number of anilines is 1. The Morgan fingerprint density at radius 3 is 2.64 bits per heavy atom. The summed E-state index contributed by atoms with van der Waals surface area (Å²) in [6.45, 7) is 2.51. The molecule has 2 aromatic carbocycles. The summed E-state index contributed by atoms with van der Waals surface area (Å²) in [6.07, 6.45) is 1.21. The molecule has 0 aliphatic carbocycles. The lowest BCUT2D eigenvalue weighted by molar-refractivity contribution is -0.120. The molecular formula is C22H22Cl2N4O3S2. The summed E-state index contributed by atoms with van der Waals surface area (Å²) in [7, 11) is -3.61. The zero-order valence-corrected chi connectivity index (χ0v) is 20.9. The van der Waals surface area contributed by atoms with Crippen molar-refractivity contribution >= 4 is 55.6 Å². The first kappa shape index (κ1) is 24.1. The zero-order chi connectivity index (χ0) is 23.6. The van der Waals surface area contributed by atoms with Gasteiger partial charge in [-0.15, -0.1) is 10.2 Å². The summed E-state index contributed by atoms with van der Waals surface area (Å²) in [5.41, 5.74) is 2.62. The highest BCUT2D eigenvalue weighted by Gasteiger charge is 2.33. The molecule has 0 radical (unpaired) electrons. The van der Waals surface area contributed by atoms with E-state index >= 15 is 0 Å². The average Bonchev–Trinajstić information content (AvgIpc) is 3.25. The fourth-order valence-electron chi connectivity index (χ4n) is 3.63. The van der Waals surface area contributed by atoms with E-state index in [9.17, 15) is 13.2 Å². The third-order valence-electron chi connectivity index (χ3n) is 5.44. The molecule has 33 heavy (non-hydrogen) atoms. The number of benzene rings is 2. The maximum absolute atomic E-state index is 13.0. The fourth-order valence-corrected chi connectivity index (χ4v) is 6.30. The smallest absolute Gasteiger partial charge is 0.230 e. The van der Waals surface area contributed by atoms with Gasteiger partial charge in [-0.2, -0.15) is 0 Å². The van der Waals surface area contributed by atoms with Gasteiger partial charge < -0.3 is 5.32 Å². The molecule has 0 saturated carbocycles. The van der Waals surface area contributed by atoms with Crippen LogP contribution in [0.25, 0.3) is 10.6 Å². The molecular weight excluding hydrogens is 503 g/mol. The number of nitrogens with one attached hydrogen (secondary N) is 1. The first-order valence-corrected chi connectivity index (χ1v) is 13.5. The molecule has 1 N–H and O–H groups in total. The summed E-state index contributed by atoms with van der Waals surface area (Å²) in [6, 6.07) is 12.7. The van der Waals surface area contributed by atoms with Crippen molar-refractivity contribution in [1.29, 1.82) is 0 Å². The maximum Gasteiger partial charge on any atom is 0.230 e. The molecule has 0 unspecified atom stereocenters. The van der Waals surface area contributed by atoms with E-state index in [-0.39, 0.29) is 18.2 Å². The second-order valence-electron chi connectivity index (χ2n) is 7.97. The normalized spacial score (nSPS) is 17.1. The summed E-state index contributed by atoms with van der Waals surface area (Å²) in [5.74, 6) is -0.917. The minimum atomic E-state index is -3.61. The molecule has 1 fully saturated rings. The molecule has 0 bridgehead atoms. The molecule has 1 saturated heterocycles. The SMILES string of the molecule is Cc1ccc(-c2nnc(NC(=O)[C@@H]3CCCN(S(=O)(=O)Cc4ccc(Cl)c(Cl)c4)C3)s2)cc1. The van der Waals surface area contributed by atoms with Crippen LogP contribution in [0.4, 0.5) is 5.13 Å². The summed E-state index contributed by atoms with van der Waals surface area (Å²) in [5, 5.41) is 12.8. The van der Waals surface area contributed by atoms with E-state index < -0.39 is 15.9 Å². The molecule has 11 heteroatoms. The Labute approximate surface area is 206 Å². The number of carbonyl (C=O) groups is 1. The van der Waals surface area contributed by atoms with Gasteiger partial charge in [-0.1, -0.05) is 70.4 Å². The van der Waals surface area contributed by atoms with Crippen LogP contribution in [0.3, 0.4) is 0 Å². The van der Waals surface area contributed by atoms with Gasteiger partial charge in [0.1, 0.15) is 5.01 Å². The van der Waals surface area contributed by atoms with Crippen LogP contribution in [0.15, 0.2) is 42.5 Å². The lowest BCUT2D eigenvalue weighted by Gasteiger charge is -2.31. The zero-order valence-electron chi connectivity index (χ0n) is 17.8. The molecule has 1 atom stereocenters. The van der Waals surface area contributed by atoms with E-state index in [1.807, 2.05) is 31.2 Å². The van der Waals surface area contributed by atoms with Crippen LogP contribution in [0, 0.1) is 12.8 Å². The second kappa shape index (κ2) is 10.1. The fraction of sp³-hybridized carbons (Fsp3) is 0.318. The Bertz CT molecular complexity index is 1260. The average molecular weight is 525 g/mol. The molecule has 1 aliphatic heterocycles. The van der Waals surface area contributed by atoms with Crippen molar-refractivity contribution in [3.05, 3.63) is 63.6 Å². The highest BCUT2D eigenvalue weighted by Crippen LogP contribution is 2.29. The summed E-state index contributed by atoms with van der Waals surface area (Å²) >= 11 is 13.2. The standard InChI is InChI=1S/C22H22Cl2N4O3S2/c1-14-4-7-16(8-5-14)21-26-27-22(32-21)25-20(29)17-3-2-10-28(12-17)33(30,31)13-15-6-9-18(23)19(24)11-15/h4-9,11,17H,2-3,10,12-13H2,1H3,(H,25,27,29)/t17-/m1/s1. The Balaban J connectivity index is 1.40. The van der Waals surface area contributed by atoms with Crippen LogP contribution in [-0.2, 0) is 20.6 Å². The van der Waals surface area contributed by atoms with Crippen molar-refractivity contribution in [2.24, 2.45) is 5.92 Å². The molecule has 1 aliphatic rings. The van der Waals surface area contributed by atoms with Crippen LogP contribution in [0.2, 0.25) is 10.0 Å². The van der Waals surface area contributed by atoms with Gasteiger partial charge in [0, 0.05) is 18.7 Å². The molecule has 7 nitrogen and oxygen atoms in total. The number of aryl methyl sites for hydroxylation is 1. The van der Waals surface area contributed by atoms with E-state index in [4.69, 9.17) is 23.2 Å². The molecule has 1 aromatic heterocycles. The number of hydrogen-bond acceptors (Lipinski definition) is 6. The highest BCUT2D eigenvalue weighted by molar-refractivity contribution is 7.88. The van der Waals surface area contributed by atoms with E-state index in [1.54, 1.807) is 18.2 Å². The molecule has 1 amide bonds. The van der Waals surface area contributed by atoms with Gasteiger partial charge in [0.2, 0.25) is 21.1 Å². The summed E-state index contributed by atoms with van der Waals surface area (Å²) in [4.78, 5) is 12.8. The predicted octanol–water partition coefficient (Wildman–Crippen LogP) is 5.00. The van der Waals surface area contributed by atoms with Crippen LogP contribution >= 0.6 is 34.5 Å². The van der Waals surface area contributed by atoms with Gasteiger partial charge in [0.15, 0.2) is 0 Å². The third-order valence-corrected chi connectivity index (χ3v) is 8.88. The van der Waals surface area contributed by atoms with Gasteiger partial charge >= 0.3 is 0 Å². The predicted molar refractivity (Wildman–Crippen MR) is 132 cm³/mol. The van der Waals surface area contributed by atoms with E-state index in [0.717, 1.165) is 11.1 Å². The number of carbonyl (C=O) groups excluding carboxylic acids is 1. The molecule has 0 spiro atoms. The number of halogens is 2. The molecule has 4 rings (SSSR count). The van der Waals surface area contributed by atoms with Gasteiger partial charge in [-0.25, -0.2) is 12.7 Å². The topological polar surface area (TPSA) is 92.3 Å². The van der Waals surface area contributed by atoms with Gasteiger partial charge in [0.25, 0.3) is 0 Å². The maximum atomic E-state index is 13.0. The highest BCUT2D eigenvalue weighted by atomic mass is 35.5. The molecule has 3 aromatic rings. The van der Waals surface area contributed by atoms with Crippen LogP contribution in [0.1, 0.15) is 24.0 Å². The van der Waals surface area contributed by atoms with Crippen molar-refractivity contribution in [3.8, 4) is 10.6 Å². The first-order valence-electron chi connectivity index (χ1n) is 10.3. The quantitative estimate of drug-likeness (QED) is 0.489. The Kier molecular flexibility index (Phi) is 7.35. The lowest BCUT2D eigenvalue weighted by atomic mass is 9.99. The Morgan fingerprint density at radius 1 is 1.15 bits per heavy atom. The number of amides is 1. The number of hydrogen-bond donors (Lipinski definition) is 1. The number of rotatable bonds is 6. The van der Waals surface area contributed by atoms with Crippen molar-refractivity contribution in [1.82, 2.24) is 14.5 Å². The van der Waals surface area contributed by atoms with Gasteiger partial charge in [-0.05, 0) is 37.5 Å². The van der Waals surface area contributed by atoms with E-state index in [1.165, 1.54) is 15.6 Å². The number of piperidine rings is 1.